The maximum atomic E-state index is 5.28. The molecule has 11 aromatic rings. The summed E-state index contributed by atoms with van der Waals surface area (Å²) in [4.78, 5) is 7.64. The van der Waals surface area contributed by atoms with Crippen molar-refractivity contribution in [2.24, 2.45) is 0 Å². The number of nitrogens with zero attached hydrogens (tertiary/aromatic N) is 3. The van der Waals surface area contributed by atoms with Gasteiger partial charge in [-0.1, -0.05) is 158 Å². The van der Waals surface area contributed by atoms with Gasteiger partial charge in [0.15, 0.2) is 0 Å². The van der Waals surface area contributed by atoms with Crippen molar-refractivity contribution in [3.05, 3.63) is 224 Å². The van der Waals surface area contributed by atoms with Gasteiger partial charge in [-0.15, -0.1) is 0 Å². The van der Waals surface area contributed by atoms with Crippen LogP contribution >= 0.6 is 0 Å². The van der Waals surface area contributed by atoms with E-state index in [-0.39, 0.29) is 0 Å². The molecule has 0 aliphatic heterocycles. The second-order valence-corrected chi connectivity index (χ2v) is 14.8. The quantitative estimate of drug-likeness (QED) is 0.152. The minimum atomic E-state index is 0.992. The first-order valence-electron chi connectivity index (χ1n) is 19.8. The van der Waals surface area contributed by atoms with Crippen LogP contribution in [0.15, 0.2) is 224 Å². The van der Waals surface area contributed by atoms with E-state index in [9.17, 15) is 0 Å². The summed E-state index contributed by atoms with van der Waals surface area (Å²) in [5.41, 5.74) is 14.5. The molecule has 2 heterocycles. The topological polar surface area (TPSA) is 21.1 Å². The lowest BCUT2D eigenvalue weighted by atomic mass is 9.98. The van der Waals surface area contributed by atoms with Gasteiger partial charge in [0.25, 0.3) is 0 Å². The molecule has 0 bridgehead atoms. The average molecular weight is 740 g/mol. The van der Waals surface area contributed by atoms with E-state index in [4.69, 9.17) is 4.98 Å². The summed E-state index contributed by atoms with van der Waals surface area (Å²) in [6, 6.07) is 80.5. The molecule has 0 amide bonds. The van der Waals surface area contributed by atoms with Gasteiger partial charge in [0.1, 0.15) is 0 Å². The van der Waals surface area contributed by atoms with Gasteiger partial charge in [0.2, 0.25) is 0 Å². The first-order valence-corrected chi connectivity index (χ1v) is 19.8. The van der Waals surface area contributed by atoms with E-state index in [1.165, 1.54) is 38.4 Å². The number of anilines is 3. The monoisotopic (exact) mass is 739 g/mol. The van der Waals surface area contributed by atoms with Crippen LogP contribution in [0, 0.1) is 0 Å². The molecule has 58 heavy (non-hydrogen) atoms. The lowest BCUT2D eigenvalue weighted by Gasteiger charge is -2.26. The minimum Gasteiger partial charge on any atom is -0.310 e. The Labute approximate surface area is 337 Å². The fourth-order valence-corrected chi connectivity index (χ4v) is 8.59. The highest BCUT2D eigenvalue weighted by Crippen LogP contribution is 2.42. The first-order chi connectivity index (χ1) is 28.8. The van der Waals surface area contributed by atoms with Gasteiger partial charge in [-0.2, -0.15) is 0 Å². The molecule has 0 fully saturated rings. The number of aromatic nitrogens is 2. The second kappa shape index (κ2) is 14.1. The van der Waals surface area contributed by atoms with Crippen LogP contribution in [0.3, 0.4) is 0 Å². The molecule has 272 valence electrons. The van der Waals surface area contributed by atoms with Gasteiger partial charge in [-0.25, -0.2) is 4.98 Å². The van der Waals surface area contributed by atoms with Crippen molar-refractivity contribution in [1.29, 1.82) is 0 Å². The molecule has 9 aromatic carbocycles. The van der Waals surface area contributed by atoms with Crippen molar-refractivity contribution in [1.82, 2.24) is 9.55 Å². The van der Waals surface area contributed by atoms with E-state index in [0.717, 1.165) is 61.3 Å². The third-order valence-corrected chi connectivity index (χ3v) is 11.4. The fraction of sp³-hybridized carbons (Fsp3) is 0. The highest BCUT2D eigenvalue weighted by Gasteiger charge is 2.19. The summed E-state index contributed by atoms with van der Waals surface area (Å²) in [5, 5.41) is 5.93. The van der Waals surface area contributed by atoms with Crippen molar-refractivity contribution < 1.29 is 0 Å². The molecule has 0 N–H and O–H groups in total. The van der Waals surface area contributed by atoms with Gasteiger partial charge in [-0.05, 0) is 94.4 Å². The zero-order valence-electron chi connectivity index (χ0n) is 31.7. The van der Waals surface area contributed by atoms with Crippen LogP contribution in [-0.2, 0) is 0 Å². The Kier molecular flexibility index (Phi) is 8.15. The van der Waals surface area contributed by atoms with Crippen LogP contribution < -0.4 is 4.90 Å². The molecule has 0 spiro atoms. The fourth-order valence-electron chi connectivity index (χ4n) is 8.59. The third-order valence-electron chi connectivity index (χ3n) is 11.4. The standard InChI is InChI=1S/C55H37N3/c1-4-15-38(16-5-1)40-27-31-43(32-28-40)57(44-33-29-41(30-34-44)39-17-6-2-7-18-39)45-21-14-22-46(35-45)58-53-26-13-11-24-48(53)50-36-49-47-23-10-12-25-52(47)56-55(51(49)37-54(50)58)42-19-8-3-9-20-42/h1-37H. The predicted molar refractivity (Wildman–Crippen MR) is 245 cm³/mol. The lowest BCUT2D eigenvalue weighted by Crippen LogP contribution is -2.10. The van der Waals surface area contributed by atoms with Gasteiger partial charge < -0.3 is 9.47 Å². The molecule has 2 aromatic heterocycles. The van der Waals surface area contributed by atoms with E-state index in [2.05, 4.69) is 234 Å². The molecule has 3 heteroatoms. The summed E-state index contributed by atoms with van der Waals surface area (Å²) in [6.07, 6.45) is 0. The molecule has 3 nitrogen and oxygen atoms in total. The lowest BCUT2D eigenvalue weighted by molar-refractivity contribution is 1.17. The zero-order chi connectivity index (χ0) is 38.4. The van der Waals surface area contributed by atoms with Gasteiger partial charge >= 0.3 is 0 Å². The smallest absolute Gasteiger partial charge is 0.0788 e. The van der Waals surface area contributed by atoms with E-state index >= 15 is 0 Å². The van der Waals surface area contributed by atoms with E-state index in [1.807, 2.05) is 0 Å². The number of benzene rings is 9. The van der Waals surface area contributed by atoms with E-state index in [0.29, 0.717) is 0 Å². The Balaban J connectivity index is 1.11. The molecule has 0 unspecified atom stereocenters. The normalized spacial score (nSPS) is 11.4. The van der Waals surface area contributed by atoms with Crippen molar-refractivity contribution >= 4 is 60.5 Å². The number of hydrogen-bond donors (Lipinski definition) is 0. The van der Waals surface area contributed by atoms with Crippen molar-refractivity contribution in [3.63, 3.8) is 0 Å². The summed E-state index contributed by atoms with van der Waals surface area (Å²) < 4.78 is 2.42. The molecule has 0 aliphatic carbocycles. The van der Waals surface area contributed by atoms with Gasteiger partial charge in [-0.3, -0.25) is 0 Å². The third kappa shape index (κ3) is 5.80. The molecule has 0 atom stereocenters. The van der Waals surface area contributed by atoms with Crippen LogP contribution in [0.2, 0.25) is 0 Å². The molecule has 0 aliphatic rings. The van der Waals surface area contributed by atoms with Crippen LogP contribution in [0.5, 0.6) is 0 Å². The molecule has 0 saturated heterocycles. The second-order valence-electron chi connectivity index (χ2n) is 14.8. The Morgan fingerprint density at radius 1 is 0.310 bits per heavy atom. The number of para-hydroxylation sites is 2. The van der Waals surface area contributed by atoms with Crippen molar-refractivity contribution in [2.45, 2.75) is 0 Å². The predicted octanol–water partition coefficient (Wildman–Crippen LogP) is 15.0. The number of pyridine rings is 1. The van der Waals surface area contributed by atoms with Crippen LogP contribution in [0.4, 0.5) is 17.1 Å². The molecule has 11 rings (SSSR count). The molecule has 0 saturated carbocycles. The Bertz CT molecular complexity index is 3160. The van der Waals surface area contributed by atoms with Crippen LogP contribution in [0.1, 0.15) is 0 Å². The highest BCUT2D eigenvalue weighted by atomic mass is 15.1. The summed E-state index contributed by atoms with van der Waals surface area (Å²) >= 11 is 0. The van der Waals surface area contributed by atoms with Gasteiger partial charge in [0, 0.05) is 49.9 Å². The summed E-state index contributed by atoms with van der Waals surface area (Å²) in [7, 11) is 0. The van der Waals surface area contributed by atoms with E-state index < -0.39 is 0 Å². The Hall–Kier alpha value is -7.75. The first kappa shape index (κ1) is 33.6. The highest BCUT2D eigenvalue weighted by molar-refractivity contribution is 6.20. The molecular weight excluding hydrogens is 703 g/mol. The maximum absolute atomic E-state index is 5.28. The van der Waals surface area contributed by atoms with Crippen LogP contribution in [0.25, 0.3) is 82.7 Å². The maximum Gasteiger partial charge on any atom is 0.0788 e. The summed E-state index contributed by atoms with van der Waals surface area (Å²) in [6.45, 7) is 0. The van der Waals surface area contributed by atoms with Gasteiger partial charge in [0.05, 0.1) is 22.2 Å². The van der Waals surface area contributed by atoms with Crippen LogP contribution in [-0.4, -0.2) is 9.55 Å². The van der Waals surface area contributed by atoms with Crippen molar-refractivity contribution in [3.8, 4) is 39.2 Å². The number of hydrogen-bond acceptors (Lipinski definition) is 2. The van der Waals surface area contributed by atoms with Crippen molar-refractivity contribution in [2.75, 3.05) is 4.90 Å². The minimum absolute atomic E-state index is 0.992. The summed E-state index contributed by atoms with van der Waals surface area (Å²) in [5.74, 6) is 0. The SMILES string of the molecule is c1ccc(-c2ccc(N(c3ccc(-c4ccccc4)cc3)c3cccc(-n4c5ccccc5c5cc6c(cc54)c(-c4ccccc4)nc4ccccc46)c3)cc2)cc1. The largest absolute Gasteiger partial charge is 0.310 e. The average Bonchev–Trinajstić information content (AvgIpc) is 3.63. The Morgan fingerprint density at radius 2 is 0.845 bits per heavy atom. The Morgan fingerprint density at radius 3 is 1.48 bits per heavy atom. The number of rotatable bonds is 7. The number of fused-ring (bicyclic) bond motifs is 6. The van der Waals surface area contributed by atoms with E-state index in [1.54, 1.807) is 0 Å². The molecule has 0 radical (unpaired) electrons. The zero-order valence-corrected chi connectivity index (χ0v) is 31.7. The molecular formula is C55H37N3.